The van der Waals surface area contributed by atoms with Gasteiger partial charge in [-0.25, -0.2) is 9.78 Å². The third-order valence-electron chi connectivity index (χ3n) is 4.13. The summed E-state index contributed by atoms with van der Waals surface area (Å²) in [5, 5.41) is 6.44. The second-order valence-corrected chi connectivity index (χ2v) is 8.38. The highest BCUT2D eigenvalue weighted by atomic mass is 35.5. The number of nitrogens with one attached hydrogen (secondary N) is 2. The predicted octanol–water partition coefficient (Wildman–Crippen LogP) is 5.54. The molecule has 2 N–H and O–H groups in total. The number of hydrogen-bond donors (Lipinski definition) is 2. The highest BCUT2D eigenvalue weighted by Crippen LogP contribution is 2.32. The molecule has 1 heterocycles. The Hall–Kier alpha value is -1.57. The Kier molecular flexibility index (Phi) is 5.98. The lowest BCUT2D eigenvalue weighted by Crippen LogP contribution is -2.22. The molecule has 1 aromatic heterocycles. The zero-order valence-electron chi connectivity index (χ0n) is 13.7. The second-order valence-electron chi connectivity index (χ2n) is 5.80. The van der Waals surface area contributed by atoms with Crippen molar-refractivity contribution in [2.45, 2.75) is 29.9 Å². The van der Waals surface area contributed by atoms with Gasteiger partial charge in [0, 0.05) is 16.5 Å². The molecule has 5 nitrogen and oxygen atoms in total. The lowest BCUT2D eigenvalue weighted by atomic mass is 9.95. The van der Waals surface area contributed by atoms with Crippen LogP contribution in [0.5, 0.6) is 0 Å². The van der Waals surface area contributed by atoms with E-state index in [1.165, 1.54) is 11.3 Å². The third kappa shape index (κ3) is 4.54. The van der Waals surface area contributed by atoms with Crippen molar-refractivity contribution in [1.82, 2.24) is 4.98 Å². The molecular weight excluding hydrogens is 378 g/mol. The number of halogens is 1. The zero-order valence-corrected chi connectivity index (χ0v) is 16.1. The van der Waals surface area contributed by atoms with Gasteiger partial charge in [0.05, 0.1) is 16.1 Å². The molecule has 132 valence electrons. The average Bonchev–Trinajstić information content (AvgIpc) is 3.27. The lowest BCUT2D eigenvalue weighted by Gasteiger charge is -2.14. The van der Waals surface area contributed by atoms with Gasteiger partial charge in [0.15, 0.2) is 10.9 Å². The van der Waals surface area contributed by atoms with Crippen LogP contribution in [-0.2, 0) is 0 Å². The first-order chi connectivity index (χ1) is 12.1. The summed E-state index contributed by atoms with van der Waals surface area (Å²) >= 11 is 9.03. The number of benzene rings is 1. The molecule has 1 aliphatic carbocycles. The highest BCUT2D eigenvalue weighted by Gasteiger charge is 2.26. The molecule has 1 aliphatic rings. The van der Waals surface area contributed by atoms with Crippen LogP contribution in [0.4, 0.5) is 15.6 Å². The summed E-state index contributed by atoms with van der Waals surface area (Å²) in [6.07, 6.45) is 7.60. The fourth-order valence-corrected chi connectivity index (χ4v) is 4.34. The summed E-state index contributed by atoms with van der Waals surface area (Å²) in [5.74, 6) is 0.0689. The third-order valence-corrected chi connectivity index (χ3v) is 6.33. The van der Waals surface area contributed by atoms with Crippen LogP contribution in [0.3, 0.4) is 0 Å². The predicted molar refractivity (Wildman–Crippen MR) is 104 cm³/mol. The van der Waals surface area contributed by atoms with Crippen molar-refractivity contribution in [2.75, 3.05) is 16.9 Å². The standard InChI is InChI=1S/C17H18ClN3O2S2/c1-24-14-9-19-17(25-14)21-16(23)20-13-7-6-11(18)8-12(13)15(22)10-4-2-3-5-10/h6-10H,2-5H2,1H3,(H2,19,20,21,23). The topological polar surface area (TPSA) is 71.1 Å². The number of ketones is 1. The monoisotopic (exact) mass is 395 g/mol. The Balaban J connectivity index is 1.74. The Morgan fingerprint density at radius 2 is 2.04 bits per heavy atom. The van der Waals surface area contributed by atoms with E-state index in [4.69, 9.17) is 11.6 Å². The van der Waals surface area contributed by atoms with E-state index in [0.29, 0.717) is 21.4 Å². The molecule has 0 radical (unpaired) electrons. The van der Waals surface area contributed by atoms with E-state index in [0.717, 1.165) is 29.9 Å². The minimum Gasteiger partial charge on any atom is -0.307 e. The summed E-state index contributed by atoms with van der Waals surface area (Å²) in [6.45, 7) is 0. The first kappa shape index (κ1) is 18.2. The van der Waals surface area contributed by atoms with Crippen LogP contribution >= 0.6 is 34.7 Å². The van der Waals surface area contributed by atoms with Crippen molar-refractivity contribution in [3.8, 4) is 0 Å². The van der Waals surface area contributed by atoms with Crippen molar-refractivity contribution in [3.63, 3.8) is 0 Å². The normalized spacial score (nSPS) is 14.5. The first-order valence-electron chi connectivity index (χ1n) is 7.98. The number of Topliss-reactive ketones (excluding diaryl/α,β-unsaturated/α-hetero) is 1. The number of urea groups is 1. The fraction of sp³-hybridized carbons (Fsp3) is 0.353. The van der Waals surface area contributed by atoms with Crippen LogP contribution in [0.1, 0.15) is 36.0 Å². The maximum atomic E-state index is 12.8. The Bertz CT molecular complexity index is 788. The molecule has 2 amide bonds. The number of aromatic nitrogens is 1. The van der Waals surface area contributed by atoms with Gasteiger partial charge in [0.1, 0.15) is 0 Å². The number of anilines is 2. The molecule has 0 spiro atoms. The first-order valence-corrected chi connectivity index (χ1v) is 10.4. The van der Waals surface area contributed by atoms with Gasteiger partial charge in [-0.15, -0.1) is 11.8 Å². The maximum absolute atomic E-state index is 12.8. The van der Waals surface area contributed by atoms with Crippen LogP contribution in [0, 0.1) is 5.92 Å². The molecule has 0 saturated heterocycles. The number of carbonyl (C=O) groups is 2. The molecule has 3 rings (SSSR count). The molecule has 2 aromatic rings. The molecule has 1 fully saturated rings. The molecule has 0 bridgehead atoms. The molecular formula is C17H18ClN3O2S2. The number of amides is 2. The summed E-state index contributed by atoms with van der Waals surface area (Å²) in [5.41, 5.74) is 0.943. The van der Waals surface area contributed by atoms with Gasteiger partial charge in [0.2, 0.25) is 0 Å². The fourth-order valence-electron chi connectivity index (χ4n) is 2.90. The number of carbonyl (C=O) groups excluding carboxylic acids is 2. The van der Waals surface area contributed by atoms with E-state index in [1.807, 2.05) is 6.26 Å². The summed E-state index contributed by atoms with van der Waals surface area (Å²) in [7, 11) is 0. The van der Waals surface area contributed by atoms with Gasteiger partial charge < -0.3 is 5.32 Å². The van der Waals surface area contributed by atoms with Gasteiger partial charge in [0.25, 0.3) is 0 Å². The molecule has 0 unspecified atom stereocenters. The van der Waals surface area contributed by atoms with Crippen LogP contribution in [0.25, 0.3) is 0 Å². The Morgan fingerprint density at radius 3 is 2.72 bits per heavy atom. The van der Waals surface area contributed by atoms with Gasteiger partial charge in [-0.2, -0.15) is 0 Å². The molecule has 25 heavy (non-hydrogen) atoms. The summed E-state index contributed by atoms with van der Waals surface area (Å²) in [6, 6.07) is 4.54. The van der Waals surface area contributed by atoms with Crippen molar-refractivity contribution < 1.29 is 9.59 Å². The largest absolute Gasteiger partial charge is 0.325 e. The number of hydrogen-bond acceptors (Lipinski definition) is 5. The van der Waals surface area contributed by atoms with Crippen molar-refractivity contribution in [3.05, 3.63) is 35.0 Å². The van der Waals surface area contributed by atoms with Gasteiger partial charge in [-0.05, 0) is 37.3 Å². The van der Waals surface area contributed by atoms with E-state index in [9.17, 15) is 9.59 Å². The quantitative estimate of drug-likeness (QED) is 0.515. The van der Waals surface area contributed by atoms with Gasteiger partial charge in [-0.3, -0.25) is 10.1 Å². The molecule has 0 aliphatic heterocycles. The van der Waals surface area contributed by atoms with Crippen molar-refractivity contribution in [1.29, 1.82) is 0 Å². The summed E-state index contributed by atoms with van der Waals surface area (Å²) in [4.78, 5) is 29.2. The number of nitrogens with zero attached hydrogens (tertiary/aromatic N) is 1. The van der Waals surface area contributed by atoms with Crippen LogP contribution in [0.2, 0.25) is 5.02 Å². The van der Waals surface area contributed by atoms with E-state index in [2.05, 4.69) is 15.6 Å². The number of rotatable bonds is 5. The van der Waals surface area contributed by atoms with Gasteiger partial charge in [-0.1, -0.05) is 35.8 Å². The average molecular weight is 396 g/mol. The molecule has 0 atom stereocenters. The minimum absolute atomic E-state index is 0.0187. The van der Waals surface area contributed by atoms with E-state index in [1.54, 1.807) is 36.2 Å². The van der Waals surface area contributed by atoms with E-state index < -0.39 is 6.03 Å². The molecule has 1 saturated carbocycles. The van der Waals surface area contributed by atoms with Crippen molar-refractivity contribution >= 4 is 57.3 Å². The zero-order chi connectivity index (χ0) is 17.8. The van der Waals surface area contributed by atoms with E-state index >= 15 is 0 Å². The lowest BCUT2D eigenvalue weighted by molar-refractivity contribution is 0.0924. The minimum atomic E-state index is -0.426. The number of thiazole rings is 1. The second kappa shape index (κ2) is 8.21. The van der Waals surface area contributed by atoms with Crippen LogP contribution in [0.15, 0.2) is 28.6 Å². The molecule has 8 heteroatoms. The Morgan fingerprint density at radius 1 is 1.28 bits per heavy atom. The maximum Gasteiger partial charge on any atom is 0.325 e. The number of thioether (sulfide) groups is 1. The van der Waals surface area contributed by atoms with Crippen LogP contribution in [-0.4, -0.2) is 23.1 Å². The van der Waals surface area contributed by atoms with Gasteiger partial charge >= 0.3 is 6.03 Å². The Labute approximate surface area is 159 Å². The SMILES string of the molecule is CSc1cnc(NC(=O)Nc2ccc(Cl)cc2C(=O)C2CCCC2)s1. The van der Waals surface area contributed by atoms with E-state index in [-0.39, 0.29) is 11.7 Å². The molecule has 1 aromatic carbocycles. The summed E-state index contributed by atoms with van der Waals surface area (Å²) < 4.78 is 1.01. The van der Waals surface area contributed by atoms with Crippen LogP contribution < -0.4 is 10.6 Å². The van der Waals surface area contributed by atoms with Crippen molar-refractivity contribution in [2.24, 2.45) is 5.92 Å². The smallest absolute Gasteiger partial charge is 0.307 e. The highest BCUT2D eigenvalue weighted by molar-refractivity contribution is 8.00.